The summed E-state index contributed by atoms with van der Waals surface area (Å²) in [5, 5.41) is 11.5. The smallest absolute Gasteiger partial charge is 0.234 e. The van der Waals surface area contributed by atoms with Crippen molar-refractivity contribution in [3.05, 3.63) is 78.5 Å². The number of amides is 1. The average molecular weight is 464 g/mol. The summed E-state index contributed by atoms with van der Waals surface area (Å²) in [6.45, 7) is 0. The number of nitrogens with zero attached hydrogens (tertiary/aromatic N) is 3. The number of H-pyrrole nitrogens is 1. The maximum absolute atomic E-state index is 12.4. The highest BCUT2D eigenvalue weighted by molar-refractivity contribution is 7.99. The highest BCUT2D eigenvalue weighted by Gasteiger charge is 2.10. The number of ether oxygens (including phenoxy) is 1. The molecule has 32 heavy (non-hydrogen) atoms. The van der Waals surface area contributed by atoms with E-state index in [0.29, 0.717) is 11.0 Å². The van der Waals surface area contributed by atoms with Crippen molar-refractivity contribution in [3.63, 3.8) is 0 Å². The van der Waals surface area contributed by atoms with Crippen molar-refractivity contribution < 1.29 is 9.53 Å². The van der Waals surface area contributed by atoms with Crippen molar-refractivity contribution in [1.82, 2.24) is 20.2 Å². The molecule has 162 valence electrons. The third-order valence-electron chi connectivity index (χ3n) is 4.40. The zero-order valence-corrected chi connectivity index (χ0v) is 19.0. The van der Waals surface area contributed by atoms with Crippen molar-refractivity contribution in [2.45, 2.75) is 15.9 Å². The molecule has 0 atom stereocenters. The number of carbonyl (C=O) groups excluding carboxylic acids is 1. The molecule has 7 nitrogen and oxygen atoms in total. The van der Waals surface area contributed by atoms with Gasteiger partial charge in [-0.2, -0.15) is 0 Å². The van der Waals surface area contributed by atoms with Crippen molar-refractivity contribution in [3.8, 4) is 17.1 Å². The number of aromatic amines is 1. The molecular formula is C23H21N5O2S2. The number of benzene rings is 2. The molecule has 2 N–H and O–H groups in total. The monoisotopic (exact) mass is 463 g/mol. The molecule has 0 radical (unpaired) electrons. The Morgan fingerprint density at radius 2 is 1.94 bits per heavy atom. The molecule has 9 heteroatoms. The van der Waals surface area contributed by atoms with Crippen LogP contribution in [0.1, 0.15) is 5.56 Å². The first-order chi connectivity index (χ1) is 15.7. The van der Waals surface area contributed by atoms with Crippen LogP contribution in [-0.2, 0) is 10.5 Å². The number of rotatable bonds is 9. The maximum Gasteiger partial charge on any atom is 0.234 e. The lowest BCUT2D eigenvalue weighted by atomic mass is 10.2. The minimum Gasteiger partial charge on any atom is -0.497 e. The van der Waals surface area contributed by atoms with Crippen LogP contribution in [0.15, 0.2) is 83.1 Å². The number of carbonyl (C=O) groups is 1. The second-order valence-electron chi connectivity index (χ2n) is 6.69. The Labute approximate surface area is 194 Å². The average Bonchev–Trinajstić information content (AvgIpc) is 3.32. The van der Waals surface area contributed by atoms with E-state index >= 15 is 0 Å². The van der Waals surface area contributed by atoms with E-state index in [-0.39, 0.29) is 11.7 Å². The van der Waals surface area contributed by atoms with Crippen molar-refractivity contribution in [2.24, 2.45) is 0 Å². The Morgan fingerprint density at radius 3 is 2.72 bits per heavy atom. The lowest BCUT2D eigenvalue weighted by molar-refractivity contribution is -0.113. The fourth-order valence-corrected chi connectivity index (χ4v) is 4.25. The summed E-state index contributed by atoms with van der Waals surface area (Å²) in [6, 6.07) is 21.2. The first kappa shape index (κ1) is 21.9. The zero-order chi connectivity index (χ0) is 22.2. The molecule has 0 fully saturated rings. The SMILES string of the molecule is COc1ccc(-c2nc(SCC(=O)Nc3cccc(CSc4ccccn4)c3)n[nH]2)cc1. The number of aromatic nitrogens is 4. The molecule has 0 saturated carbocycles. The molecular weight excluding hydrogens is 442 g/mol. The van der Waals surface area contributed by atoms with Crippen LogP contribution in [0, 0.1) is 0 Å². The minimum atomic E-state index is -0.111. The topological polar surface area (TPSA) is 92.8 Å². The Kier molecular flexibility index (Phi) is 7.42. The van der Waals surface area contributed by atoms with Gasteiger partial charge in [0.2, 0.25) is 11.1 Å². The Balaban J connectivity index is 1.28. The molecule has 2 aromatic carbocycles. The van der Waals surface area contributed by atoms with Crippen LogP contribution in [0.5, 0.6) is 5.75 Å². The summed E-state index contributed by atoms with van der Waals surface area (Å²) < 4.78 is 5.17. The van der Waals surface area contributed by atoms with Gasteiger partial charge in [-0.25, -0.2) is 9.97 Å². The summed E-state index contributed by atoms with van der Waals surface area (Å²) in [5.74, 6) is 2.31. The molecule has 2 heterocycles. The van der Waals surface area contributed by atoms with Crippen molar-refractivity contribution in [2.75, 3.05) is 18.2 Å². The number of pyridine rings is 1. The first-order valence-corrected chi connectivity index (χ1v) is 11.8. The van der Waals surface area contributed by atoms with Gasteiger partial charge >= 0.3 is 0 Å². The second kappa shape index (κ2) is 10.8. The molecule has 1 amide bonds. The van der Waals surface area contributed by atoms with Gasteiger partial charge < -0.3 is 10.1 Å². The van der Waals surface area contributed by atoms with E-state index in [1.54, 1.807) is 25.1 Å². The summed E-state index contributed by atoms with van der Waals surface area (Å²) in [6.07, 6.45) is 1.78. The quantitative estimate of drug-likeness (QED) is 0.341. The van der Waals surface area contributed by atoms with Gasteiger partial charge in [0, 0.05) is 23.2 Å². The van der Waals surface area contributed by atoms with Gasteiger partial charge in [-0.05, 0) is 54.1 Å². The van der Waals surface area contributed by atoms with Gasteiger partial charge in [0.05, 0.1) is 17.9 Å². The Hall–Kier alpha value is -3.30. The van der Waals surface area contributed by atoms with Crippen LogP contribution in [0.4, 0.5) is 5.69 Å². The summed E-state index contributed by atoms with van der Waals surface area (Å²) in [7, 11) is 1.63. The van der Waals surface area contributed by atoms with Gasteiger partial charge in [-0.15, -0.1) is 16.9 Å². The van der Waals surface area contributed by atoms with Gasteiger partial charge in [0.1, 0.15) is 5.75 Å². The highest BCUT2D eigenvalue weighted by Crippen LogP contribution is 2.23. The second-order valence-corrected chi connectivity index (χ2v) is 8.63. The highest BCUT2D eigenvalue weighted by atomic mass is 32.2. The van der Waals surface area contributed by atoms with E-state index in [4.69, 9.17) is 4.74 Å². The van der Waals surface area contributed by atoms with E-state index in [1.807, 2.05) is 66.7 Å². The normalized spacial score (nSPS) is 10.7. The number of nitrogens with one attached hydrogen (secondary N) is 2. The van der Waals surface area contributed by atoms with E-state index in [0.717, 1.165) is 33.3 Å². The zero-order valence-electron chi connectivity index (χ0n) is 17.3. The Morgan fingerprint density at radius 1 is 1.06 bits per heavy atom. The first-order valence-electron chi connectivity index (χ1n) is 9.82. The molecule has 0 bridgehead atoms. The third kappa shape index (κ3) is 6.12. The molecule has 0 unspecified atom stereocenters. The number of hydrogen-bond donors (Lipinski definition) is 2. The van der Waals surface area contributed by atoms with E-state index < -0.39 is 0 Å². The van der Waals surface area contributed by atoms with E-state index in [9.17, 15) is 4.79 Å². The molecule has 2 aromatic heterocycles. The van der Waals surface area contributed by atoms with Crippen LogP contribution in [0.3, 0.4) is 0 Å². The van der Waals surface area contributed by atoms with Crippen LogP contribution in [0.25, 0.3) is 11.4 Å². The third-order valence-corrected chi connectivity index (χ3v) is 6.26. The van der Waals surface area contributed by atoms with Gasteiger partial charge in [-0.3, -0.25) is 9.89 Å². The van der Waals surface area contributed by atoms with Crippen LogP contribution >= 0.6 is 23.5 Å². The molecule has 0 aliphatic heterocycles. The summed E-state index contributed by atoms with van der Waals surface area (Å²) in [4.78, 5) is 21.2. The summed E-state index contributed by atoms with van der Waals surface area (Å²) in [5.41, 5.74) is 2.78. The van der Waals surface area contributed by atoms with Crippen LogP contribution < -0.4 is 10.1 Å². The number of anilines is 1. The fraction of sp³-hybridized carbons (Fsp3) is 0.130. The van der Waals surface area contributed by atoms with E-state index in [1.165, 1.54) is 11.8 Å². The molecule has 0 saturated heterocycles. The molecule has 0 aliphatic rings. The standard InChI is InChI=1S/C23H21N5O2S2/c1-30-19-10-8-17(9-11-19)22-26-23(28-27-22)32-15-20(29)25-18-6-4-5-16(13-18)14-31-21-7-2-3-12-24-21/h2-13H,14-15H2,1H3,(H,25,29)(H,26,27,28). The largest absolute Gasteiger partial charge is 0.497 e. The predicted octanol–water partition coefficient (Wildman–Crippen LogP) is 4.90. The van der Waals surface area contributed by atoms with Gasteiger partial charge in [0.25, 0.3) is 0 Å². The molecule has 0 spiro atoms. The lowest BCUT2D eigenvalue weighted by Gasteiger charge is -2.07. The molecule has 0 aliphatic carbocycles. The number of methoxy groups -OCH3 is 1. The predicted molar refractivity (Wildman–Crippen MR) is 128 cm³/mol. The van der Waals surface area contributed by atoms with Crippen molar-refractivity contribution in [1.29, 1.82) is 0 Å². The van der Waals surface area contributed by atoms with E-state index in [2.05, 4.69) is 25.5 Å². The number of hydrogen-bond acceptors (Lipinski definition) is 7. The van der Waals surface area contributed by atoms with Gasteiger partial charge in [-0.1, -0.05) is 30.0 Å². The van der Waals surface area contributed by atoms with Gasteiger partial charge in [0.15, 0.2) is 5.82 Å². The maximum atomic E-state index is 12.4. The fourth-order valence-electron chi connectivity index (χ4n) is 2.84. The van der Waals surface area contributed by atoms with Crippen LogP contribution in [0.2, 0.25) is 0 Å². The summed E-state index contributed by atoms with van der Waals surface area (Å²) >= 11 is 2.94. The Bertz CT molecular complexity index is 1170. The molecule has 4 rings (SSSR count). The van der Waals surface area contributed by atoms with Crippen molar-refractivity contribution >= 4 is 35.1 Å². The lowest BCUT2D eigenvalue weighted by Crippen LogP contribution is -2.14. The minimum absolute atomic E-state index is 0.111. The van der Waals surface area contributed by atoms with Crippen LogP contribution in [-0.4, -0.2) is 38.9 Å². The number of thioether (sulfide) groups is 2. The molecule has 4 aromatic rings.